The fourth-order valence-electron chi connectivity index (χ4n) is 0.0373. The molecule has 0 saturated carbocycles. The first kappa shape index (κ1) is 9.81. The van der Waals surface area contributed by atoms with Gasteiger partial charge in [0.25, 0.3) is 0 Å². The van der Waals surface area contributed by atoms with E-state index >= 15 is 0 Å². The lowest BCUT2D eigenvalue weighted by Crippen LogP contribution is -1.30. The second-order valence-electron chi connectivity index (χ2n) is 0.349. The van der Waals surface area contributed by atoms with E-state index in [1.54, 1.807) is 10.8 Å². The van der Waals surface area contributed by atoms with Crippen LogP contribution in [-0.4, -0.2) is 5.48 Å². The highest BCUT2D eigenvalue weighted by Gasteiger charge is 1.74. The summed E-state index contributed by atoms with van der Waals surface area (Å²) in [5, 5.41) is 18.9. The largest absolute Gasteiger partial charge is 0.412 e. The van der Waals surface area contributed by atoms with Crippen LogP contribution in [0, 0.1) is 21.3 Å². The summed E-state index contributed by atoms with van der Waals surface area (Å²) in [6.07, 6.45) is 0. The highest BCUT2D eigenvalue weighted by Crippen LogP contribution is 2.15. The predicted molar refractivity (Wildman–Crippen MR) is 30.0 cm³/mol. The van der Waals surface area contributed by atoms with Gasteiger partial charge in [0, 0.05) is 21.6 Å². The van der Waals surface area contributed by atoms with Gasteiger partial charge in [-0.2, -0.15) is 10.5 Å². The summed E-state index contributed by atoms with van der Waals surface area (Å²) in [6, 6.07) is 0. The summed E-state index contributed by atoms with van der Waals surface area (Å²) in [7, 11) is 1.74. The lowest BCUT2D eigenvalue weighted by molar-refractivity contribution is 0.824. The first-order valence-corrected chi connectivity index (χ1v) is 3.17. The van der Waals surface area contributed by atoms with Crippen LogP contribution in [0.2, 0.25) is 0 Å². The Labute approximate surface area is 49.0 Å². The van der Waals surface area contributed by atoms with Gasteiger partial charge >= 0.3 is 0 Å². The van der Waals surface area contributed by atoms with Crippen LogP contribution in [-0.2, 0) is 0 Å². The average Bonchev–Trinajstić information content (AvgIpc) is 1.61. The molecule has 38 valence electrons. The van der Waals surface area contributed by atoms with E-state index in [-0.39, 0.29) is 5.48 Å². The number of thiocyanates is 2. The molecule has 5 heteroatoms. The maximum Gasteiger partial charge on any atom is 0.145 e. The molecule has 0 aromatic carbocycles. The minimum absolute atomic E-state index is 0. The van der Waals surface area contributed by atoms with Gasteiger partial charge in [-0.25, -0.2) is 0 Å². The summed E-state index contributed by atoms with van der Waals surface area (Å²) in [5.74, 6) is 0. The Morgan fingerprint density at radius 3 is 1.43 bits per heavy atom. The molecule has 0 spiro atoms. The zero-order valence-electron chi connectivity index (χ0n) is 3.21. The van der Waals surface area contributed by atoms with E-state index in [1.807, 2.05) is 0 Å². The SMILES string of the molecule is N#CSSC#N.O. The van der Waals surface area contributed by atoms with Crippen molar-refractivity contribution in [3.05, 3.63) is 0 Å². The topological polar surface area (TPSA) is 79.1 Å². The lowest BCUT2D eigenvalue weighted by Gasteiger charge is -1.61. The molecule has 0 fully saturated rings. The molecule has 0 heterocycles. The predicted octanol–water partition coefficient (Wildman–Crippen LogP) is 0.505. The van der Waals surface area contributed by atoms with Crippen LogP contribution >= 0.6 is 21.6 Å². The molecule has 0 saturated heterocycles. The Kier molecular flexibility index (Phi) is 12.8. The van der Waals surface area contributed by atoms with E-state index in [1.165, 1.54) is 0 Å². The van der Waals surface area contributed by atoms with Crippen molar-refractivity contribution in [2.24, 2.45) is 0 Å². The van der Waals surface area contributed by atoms with Gasteiger partial charge in [-0.3, -0.25) is 0 Å². The molecule has 0 bridgehead atoms. The van der Waals surface area contributed by atoms with Crippen LogP contribution < -0.4 is 0 Å². The van der Waals surface area contributed by atoms with E-state index in [0.717, 1.165) is 21.6 Å². The average molecular weight is 134 g/mol. The highest BCUT2D eigenvalue weighted by molar-refractivity contribution is 8.80. The third kappa shape index (κ3) is 10.7. The van der Waals surface area contributed by atoms with Crippen LogP contribution in [0.4, 0.5) is 0 Å². The van der Waals surface area contributed by atoms with Crippen molar-refractivity contribution < 1.29 is 5.48 Å². The van der Waals surface area contributed by atoms with E-state index in [2.05, 4.69) is 0 Å². The molecule has 0 aromatic rings. The van der Waals surface area contributed by atoms with Crippen LogP contribution in [0.1, 0.15) is 0 Å². The Bertz CT molecular complexity index is 87.2. The molecule has 3 nitrogen and oxygen atoms in total. The van der Waals surface area contributed by atoms with E-state index in [4.69, 9.17) is 10.5 Å². The zero-order chi connectivity index (χ0) is 4.83. The molecule has 0 rings (SSSR count). The molecule has 0 aliphatic carbocycles. The number of hydrogen-bond donors (Lipinski definition) is 0. The van der Waals surface area contributed by atoms with Crippen molar-refractivity contribution in [2.75, 3.05) is 0 Å². The molecule has 0 aliphatic heterocycles. The standard InChI is InChI=1S/C2N2S2.H2O/c3-1-5-6-2-4;/h;1H2. The van der Waals surface area contributed by atoms with Crippen molar-refractivity contribution in [1.82, 2.24) is 0 Å². The lowest BCUT2D eigenvalue weighted by atomic mass is 11.8. The van der Waals surface area contributed by atoms with E-state index < -0.39 is 0 Å². The summed E-state index contributed by atoms with van der Waals surface area (Å²) in [6.45, 7) is 0. The van der Waals surface area contributed by atoms with Crippen LogP contribution in [0.3, 0.4) is 0 Å². The molecule has 7 heavy (non-hydrogen) atoms. The van der Waals surface area contributed by atoms with Gasteiger partial charge in [0.15, 0.2) is 0 Å². The summed E-state index contributed by atoms with van der Waals surface area (Å²) >= 11 is 0. The molecule has 0 radical (unpaired) electrons. The van der Waals surface area contributed by atoms with Crippen LogP contribution in [0.15, 0.2) is 0 Å². The van der Waals surface area contributed by atoms with Crippen LogP contribution in [0.5, 0.6) is 0 Å². The first-order chi connectivity index (χ1) is 2.91. The van der Waals surface area contributed by atoms with Crippen molar-refractivity contribution >= 4 is 21.6 Å². The Balaban J connectivity index is 0. The van der Waals surface area contributed by atoms with Crippen molar-refractivity contribution in [1.29, 1.82) is 10.5 Å². The fourth-order valence-corrected chi connectivity index (χ4v) is 0.335. The molecular weight excluding hydrogens is 132 g/mol. The first-order valence-electron chi connectivity index (χ1n) is 1.02. The highest BCUT2D eigenvalue weighted by atomic mass is 33.1. The number of nitrogens with zero attached hydrogens (tertiary/aromatic N) is 2. The smallest absolute Gasteiger partial charge is 0.145 e. The Hall–Kier alpha value is -0.360. The fraction of sp³-hybridized carbons (Fsp3) is 0. The quantitative estimate of drug-likeness (QED) is 0.297. The molecule has 0 unspecified atom stereocenters. The number of hydrogen-bond acceptors (Lipinski definition) is 4. The van der Waals surface area contributed by atoms with Gasteiger partial charge in [0.1, 0.15) is 10.8 Å². The monoisotopic (exact) mass is 134 g/mol. The van der Waals surface area contributed by atoms with Crippen molar-refractivity contribution in [3.8, 4) is 10.8 Å². The molecule has 0 amide bonds. The Morgan fingerprint density at radius 2 is 1.29 bits per heavy atom. The minimum Gasteiger partial charge on any atom is -0.412 e. The molecular formula is C2H2N2OS2. The number of nitriles is 2. The van der Waals surface area contributed by atoms with Gasteiger partial charge in [0.2, 0.25) is 0 Å². The second-order valence-corrected chi connectivity index (χ2v) is 2.05. The maximum atomic E-state index is 7.74. The van der Waals surface area contributed by atoms with Crippen LogP contribution in [0.25, 0.3) is 0 Å². The molecule has 2 N–H and O–H groups in total. The van der Waals surface area contributed by atoms with E-state index in [9.17, 15) is 0 Å². The van der Waals surface area contributed by atoms with Gasteiger partial charge in [-0.1, -0.05) is 0 Å². The normalized spacial score (nSPS) is 4.86. The van der Waals surface area contributed by atoms with Crippen molar-refractivity contribution in [2.45, 2.75) is 0 Å². The molecule has 0 aliphatic rings. The number of rotatable bonds is 1. The third-order valence-electron chi connectivity index (χ3n) is 0.116. The maximum absolute atomic E-state index is 7.74. The minimum atomic E-state index is 0. The third-order valence-corrected chi connectivity index (χ3v) is 1.05. The molecule has 0 atom stereocenters. The van der Waals surface area contributed by atoms with Gasteiger partial charge in [0.05, 0.1) is 0 Å². The second kappa shape index (κ2) is 9.16. The summed E-state index contributed by atoms with van der Waals surface area (Å²) in [5.41, 5.74) is 0. The zero-order valence-corrected chi connectivity index (χ0v) is 4.84. The van der Waals surface area contributed by atoms with E-state index in [0.29, 0.717) is 0 Å². The Morgan fingerprint density at radius 1 is 1.00 bits per heavy atom. The van der Waals surface area contributed by atoms with Gasteiger partial charge < -0.3 is 5.48 Å². The molecule has 0 aromatic heterocycles. The van der Waals surface area contributed by atoms with Crippen molar-refractivity contribution in [3.63, 3.8) is 0 Å². The summed E-state index contributed by atoms with van der Waals surface area (Å²) in [4.78, 5) is 0. The van der Waals surface area contributed by atoms with Gasteiger partial charge in [-0.15, -0.1) is 0 Å². The summed E-state index contributed by atoms with van der Waals surface area (Å²) < 4.78 is 0. The van der Waals surface area contributed by atoms with Gasteiger partial charge in [-0.05, 0) is 0 Å².